The van der Waals surface area contributed by atoms with E-state index >= 15 is 0 Å². The van der Waals surface area contributed by atoms with Gasteiger partial charge in [-0.25, -0.2) is 14.2 Å². The molecule has 0 saturated heterocycles. The first kappa shape index (κ1) is 22.8. The van der Waals surface area contributed by atoms with E-state index in [9.17, 15) is 9.18 Å². The standard InChI is InChI=1S/C28H23FN6O/c29-24-12-6-4-10-22(24)26-23-11-5-7-13-25(23)35(21-16-14-20(15-17-21)32-27(30)31)28(36)34(33-26)18-19-8-2-1-3-9-19/h1-17H,18H2,(H4,30,31,32). The van der Waals surface area contributed by atoms with Gasteiger partial charge in [0.1, 0.15) is 11.5 Å². The number of carbonyl (C=O) groups is 1. The van der Waals surface area contributed by atoms with Crippen LogP contribution in [0.2, 0.25) is 0 Å². The second kappa shape index (κ2) is 9.71. The van der Waals surface area contributed by atoms with Gasteiger partial charge < -0.3 is 11.1 Å². The molecule has 0 aliphatic carbocycles. The number of carbonyl (C=O) groups excluding carboxylic acids is 1. The maximum atomic E-state index is 15.0. The van der Waals surface area contributed by atoms with E-state index in [0.29, 0.717) is 33.9 Å². The van der Waals surface area contributed by atoms with Gasteiger partial charge >= 0.3 is 6.03 Å². The molecular formula is C28H23FN6O. The van der Waals surface area contributed by atoms with Gasteiger partial charge in [-0.3, -0.25) is 10.3 Å². The summed E-state index contributed by atoms with van der Waals surface area (Å²) in [5.74, 6) is -0.609. The Kier molecular flexibility index (Phi) is 6.15. The van der Waals surface area contributed by atoms with Gasteiger partial charge in [0, 0.05) is 16.8 Å². The van der Waals surface area contributed by atoms with Crippen molar-refractivity contribution >= 4 is 34.8 Å². The van der Waals surface area contributed by atoms with E-state index in [0.717, 1.165) is 5.56 Å². The highest BCUT2D eigenvalue weighted by molar-refractivity contribution is 6.20. The van der Waals surface area contributed by atoms with E-state index in [-0.39, 0.29) is 18.5 Å². The summed E-state index contributed by atoms with van der Waals surface area (Å²) in [5, 5.41) is 16.3. The highest BCUT2D eigenvalue weighted by Gasteiger charge is 2.32. The van der Waals surface area contributed by atoms with Gasteiger partial charge in [-0.05, 0) is 48.0 Å². The summed E-state index contributed by atoms with van der Waals surface area (Å²) in [6, 6.07) is 29.8. The monoisotopic (exact) mass is 478 g/mol. The molecule has 0 aromatic heterocycles. The van der Waals surface area contributed by atoms with Crippen molar-refractivity contribution in [3.8, 4) is 0 Å². The lowest BCUT2D eigenvalue weighted by atomic mass is 9.99. The number of nitrogens with one attached hydrogen (secondary N) is 2. The van der Waals surface area contributed by atoms with Gasteiger partial charge in [-0.1, -0.05) is 60.7 Å². The van der Waals surface area contributed by atoms with Crippen molar-refractivity contribution in [1.82, 2.24) is 5.01 Å². The van der Waals surface area contributed by atoms with Crippen molar-refractivity contribution < 1.29 is 9.18 Å². The number of nitrogens with zero attached hydrogens (tertiary/aromatic N) is 3. The predicted octanol–water partition coefficient (Wildman–Crippen LogP) is 5.66. The minimum atomic E-state index is -0.425. The van der Waals surface area contributed by atoms with E-state index in [1.165, 1.54) is 11.1 Å². The number of benzene rings is 4. The summed E-state index contributed by atoms with van der Waals surface area (Å²) in [7, 11) is 0. The second-order valence-electron chi connectivity index (χ2n) is 8.19. The molecule has 1 aliphatic rings. The van der Waals surface area contributed by atoms with Crippen LogP contribution in [0.15, 0.2) is 108 Å². The number of nitrogens with two attached hydrogens (primary N) is 1. The van der Waals surface area contributed by atoms with Gasteiger partial charge in [0.05, 0.1) is 17.9 Å². The molecule has 5 rings (SSSR count). The van der Waals surface area contributed by atoms with Gasteiger partial charge in [0.2, 0.25) is 0 Å². The normalized spacial score (nSPS) is 13.0. The first-order valence-electron chi connectivity index (χ1n) is 11.3. The molecule has 0 unspecified atom stereocenters. The highest BCUT2D eigenvalue weighted by Crippen LogP contribution is 2.35. The average Bonchev–Trinajstić information content (AvgIpc) is 3.00. The summed E-state index contributed by atoms with van der Waals surface area (Å²) in [6.07, 6.45) is 0. The number of fused-ring (bicyclic) bond motifs is 1. The van der Waals surface area contributed by atoms with Crippen LogP contribution < -0.4 is 16.0 Å². The van der Waals surface area contributed by atoms with Gasteiger partial charge in [0.25, 0.3) is 0 Å². The third-order valence-corrected chi connectivity index (χ3v) is 5.74. The summed E-state index contributed by atoms with van der Waals surface area (Å²) in [4.78, 5) is 15.6. The molecule has 0 bridgehead atoms. The van der Waals surface area contributed by atoms with Crippen molar-refractivity contribution in [1.29, 1.82) is 5.41 Å². The Morgan fingerprint density at radius 3 is 2.19 bits per heavy atom. The van der Waals surface area contributed by atoms with Crippen LogP contribution in [0.1, 0.15) is 16.7 Å². The minimum absolute atomic E-state index is 0.184. The molecule has 4 aromatic carbocycles. The Bertz CT molecular complexity index is 1450. The number of urea groups is 1. The maximum absolute atomic E-state index is 15.0. The van der Waals surface area contributed by atoms with Crippen LogP contribution in [-0.2, 0) is 6.54 Å². The Hall–Kier alpha value is -4.98. The fourth-order valence-electron chi connectivity index (χ4n) is 4.12. The molecule has 8 heteroatoms. The molecule has 178 valence electrons. The third-order valence-electron chi connectivity index (χ3n) is 5.74. The molecule has 1 aliphatic heterocycles. The summed E-state index contributed by atoms with van der Waals surface area (Å²) >= 11 is 0. The van der Waals surface area contributed by atoms with E-state index in [1.807, 2.05) is 54.6 Å². The Balaban J connectivity index is 1.67. The van der Waals surface area contributed by atoms with Crippen LogP contribution in [0.5, 0.6) is 0 Å². The molecule has 0 atom stereocenters. The number of rotatable bonds is 5. The lowest BCUT2D eigenvalue weighted by Crippen LogP contribution is -2.36. The fourth-order valence-corrected chi connectivity index (χ4v) is 4.12. The van der Waals surface area contributed by atoms with E-state index in [4.69, 9.17) is 16.2 Å². The van der Waals surface area contributed by atoms with E-state index in [1.54, 1.807) is 47.4 Å². The largest absolute Gasteiger partial charge is 0.370 e. The van der Waals surface area contributed by atoms with E-state index in [2.05, 4.69) is 5.32 Å². The van der Waals surface area contributed by atoms with Crippen LogP contribution >= 0.6 is 0 Å². The van der Waals surface area contributed by atoms with Crippen LogP contribution in [0.3, 0.4) is 0 Å². The van der Waals surface area contributed by atoms with Crippen molar-refractivity contribution in [2.24, 2.45) is 10.8 Å². The lowest BCUT2D eigenvalue weighted by molar-refractivity contribution is 0.207. The van der Waals surface area contributed by atoms with Crippen molar-refractivity contribution in [3.05, 3.63) is 126 Å². The number of amides is 2. The molecule has 0 saturated carbocycles. The third kappa shape index (κ3) is 4.52. The number of hydrogen-bond acceptors (Lipinski definition) is 3. The first-order chi connectivity index (χ1) is 17.5. The topological polar surface area (TPSA) is 97.8 Å². The Labute approximate surface area is 207 Å². The first-order valence-corrected chi connectivity index (χ1v) is 11.3. The lowest BCUT2D eigenvalue weighted by Gasteiger charge is -2.27. The zero-order chi connectivity index (χ0) is 25.1. The van der Waals surface area contributed by atoms with Crippen molar-refractivity contribution in [3.63, 3.8) is 0 Å². The minimum Gasteiger partial charge on any atom is -0.370 e. The molecule has 0 radical (unpaired) electrons. The zero-order valence-corrected chi connectivity index (χ0v) is 19.2. The van der Waals surface area contributed by atoms with Crippen LogP contribution in [0, 0.1) is 11.2 Å². The van der Waals surface area contributed by atoms with E-state index < -0.39 is 5.82 Å². The zero-order valence-electron chi connectivity index (χ0n) is 19.2. The number of hydrogen-bond donors (Lipinski definition) is 3. The van der Waals surface area contributed by atoms with Gasteiger partial charge in [-0.15, -0.1) is 0 Å². The Morgan fingerprint density at radius 2 is 1.50 bits per heavy atom. The number of guanidine groups is 1. The Morgan fingerprint density at radius 1 is 0.861 bits per heavy atom. The summed E-state index contributed by atoms with van der Waals surface area (Å²) < 4.78 is 15.0. The van der Waals surface area contributed by atoms with Crippen LogP contribution in [-0.4, -0.2) is 22.7 Å². The molecule has 7 nitrogen and oxygen atoms in total. The van der Waals surface area contributed by atoms with Gasteiger partial charge in [0.15, 0.2) is 5.96 Å². The summed E-state index contributed by atoms with van der Waals surface area (Å²) in [6.45, 7) is 0.200. The van der Waals surface area contributed by atoms with Crippen LogP contribution in [0.25, 0.3) is 0 Å². The number of para-hydroxylation sites is 1. The molecular weight excluding hydrogens is 455 g/mol. The van der Waals surface area contributed by atoms with Crippen molar-refractivity contribution in [2.45, 2.75) is 6.54 Å². The van der Waals surface area contributed by atoms with Crippen molar-refractivity contribution in [2.75, 3.05) is 10.2 Å². The highest BCUT2D eigenvalue weighted by atomic mass is 19.1. The maximum Gasteiger partial charge on any atom is 0.349 e. The molecule has 1 heterocycles. The number of anilines is 3. The average molecular weight is 479 g/mol. The molecule has 2 amide bonds. The quantitative estimate of drug-likeness (QED) is 0.255. The summed E-state index contributed by atoms with van der Waals surface area (Å²) in [5.41, 5.74) is 9.40. The SMILES string of the molecule is N=C(N)Nc1ccc(N2C(=O)N(Cc3ccccc3)N=C(c3ccccc3F)c3ccccc32)cc1. The molecule has 4 N–H and O–H groups in total. The molecule has 36 heavy (non-hydrogen) atoms. The fraction of sp³-hybridized carbons (Fsp3) is 0.0357. The second-order valence-corrected chi connectivity index (χ2v) is 8.19. The molecule has 4 aromatic rings. The smallest absolute Gasteiger partial charge is 0.349 e. The van der Waals surface area contributed by atoms with Crippen LogP contribution in [0.4, 0.5) is 26.2 Å². The number of hydrazone groups is 1. The molecule has 0 fully saturated rings. The van der Waals surface area contributed by atoms with Gasteiger partial charge in [-0.2, -0.15) is 5.10 Å². The predicted molar refractivity (Wildman–Crippen MR) is 140 cm³/mol. The number of halogens is 1. The molecule has 0 spiro atoms.